The number of nitrogens with zero attached hydrogens (tertiary/aromatic N) is 2. The molecule has 2 N–H and O–H groups in total. The first-order chi connectivity index (χ1) is 9.51. The molecule has 0 amide bonds. The third-order valence-corrected chi connectivity index (χ3v) is 3.07. The largest absolute Gasteiger partial charge is 0.459 e. The molecule has 6 heteroatoms. The van der Waals surface area contributed by atoms with Crippen molar-refractivity contribution in [3.8, 4) is 6.01 Å². The molecule has 0 bridgehead atoms. The number of nitrogens with two attached hydrogens (primary N) is 1. The van der Waals surface area contributed by atoms with Crippen molar-refractivity contribution in [2.45, 2.75) is 27.1 Å². The zero-order valence-electron chi connectivity index (χ0n) is 11.3. The van der Waals surface area contributed by atoms with Gasteiger partial charge < -0.3 is 10.5 Å². The Morgan fingerprint density at radius 2 is 1.85 bits per heavy atom. The summed E-state index contributed by atoms with van der Waals surface area (Å²) in [6.45, 7) is 3.38. The Kier molecular flexibility index (Phi) is 4.12. The maximum absolute atomic E-state index is 13.0. The molecule has 4 nitrogen and oxygen atoms in total. The summed E-state index contributed by atoms with van der Waals surface area (Å²) in [5.41, 5.74) is 8.65. The van der Waals surface area contributed by atoms with Gasteiger partial charge in [-0.2, -0.15) is 4.98 Å². The number of benzene rings is 1. The molecule has 1 heterocycles. The van der Waals surface area contributed by atoms with Crippen molar-refractivity contribution < 1.29 is 13.5 Å². The van der Waals surface area contributed by atoms with Gasteiger partial charge in [0.05, 0.1) is 6.20 Å². The van der Waals surface area contributed by atoms with Crippen LogP contribution in [0.2, 0.25) is 0 Å². The minimum Gasteiger partial charge on any atom is -0.459 e. The van der Waals surface area contributed by atoms with E-state index in [1.165, 1.54) is 0 Å². The molecule has 0 unspecified atom stereocenters. The molecule has 0 atom stereocenters. The highest BCUT2D eigenvalue weighted by molar-refractivity contribution is 5.37. The van der Waals surface area contributed by atoms with Crippen LogP contribution in [0.15, 0.2) is 18.3 Å². The molecule has 0 saturated heterocycles. The molecule has 0 aliphatic heterocycles. The van der Waals surface area contributed by atoms with Crippen LogP contribution in [0.4, 0.5) is 14.6 Å². The van der Waals surface area contributed by atoms with E-state index in [1.54, 1.807) is 6.07 Å². The van der Waals surface area contributed by atoms with Crippen LogP contribution in [0.25, 0.3) is 0 Å². The van der Waals surface area contributed by atoms with E-state index in [0.717, 1.165) is 17.3 Å². The average Bonchev–Trinajstić information content (AvgIpc) is 2.43. The average molecular weight is 279 g/mol. The van der Waals surface area contributed by atoms with Gasteiger partial charge in [0.25, 0.3) is 0 Å². The van der Waals surface area contributed by atoms with Crippen LogP contribution in [0.5, 0.6) is 6.01 Å². The fraction of sp³-hybridized carbons (Fsp3) is 0.286. The summed E-state index contributed by atoms with van der Waals surface area (Å²) in [5.74, 6) is -0.978. The smallest absolute Gasteiger partial charge is 0.318 e. The van der Waals surface area contributed by atoms with E-state index < -0.39 is 12.5 Å². The van der Waals surface area contributed by atoms with Crippen LogP contribution in [0.1, 0.15) is 22.3 Å². The van der Waals surface area contributed by atoms with E-state index in [9.17, 15) is 8.78 Å². The predicted molar refractivity (Wildman–Crippen MR) is 71.5 cm³/mol. The Hall–Kier alpha value is -2.24. The summed E-state index contributed by atoms with van der Waals surface area (Å²) in [6, 6.07) is 3.61. The number of anilines is 1. The normalized spacial score (nSPS) is 10.6. The number of alkyl halides is 1. The topological polar surface area (TPSA) is 61.0 Å². The lowest BCUT2D eigenvalue weighted by Crippen LogP contribution is -2.05. The summed E-state index contributed by atoms with van der Waals surface area (Å²) in [5, 5.41) is 0. The second kappa shape index (κ2) is 5.81. The Morgan fingerprint density at radius 3 is 2.45 bits per heavy atom. The Balaban J connectivity index is 2.18. The molecule has 0 saturated carbocycles. The zero-order valence-corrected chi connectivity index (χ0v) is 11.3. The van der Waals surface area contributed by atoms with Gasteiger partial charge in [0.1, 0.15) is 13.3 Å². The number of halogens is 2. The number of ether oxygens (including phenoxy) is 1. The van der Waals surface area contributed by atoms with Gasteiger partial charge in [0.2, 0.25) is 0 Å². The first-order valence-corrected chi connectivity index (χ1v) is 6.07. The van der Waals surface area contributed by atoms with E-state index in [-0.39, 0.29) is 18.4 Å². The molecular weight excluding hydrogens is 264 g/mol. The van der Waals surface area contributed by atoms with E-state index >= 15 is 0 Å². The lowest BCUT2D eigenvalue weighted by Gasteiger charge is -2.11. The molecular formula is C14H15F2N3O. The van der Waals surface area contributed by atoms with Crippen molar-refractivity contribution in [1.82, 2.24) is 9.97 Å². The van der Waals surface area contributed by atoms with Gasteiger partial charge in [-0.15, -0.1) is 0 Å². The second-order valence-electron chi connectivity index (χ2n) is 4.51. The van der Waals surface area contributed by atoms with Crippen LogP contribution in [-0.2, 0) is 13.3 Å². The minimum absolute atomic E-state index is 0.0352. The van der Waals surface area contributed by atoms with E-state index in [2.05, 4.69) is 9.97 Å². The van der Waals surface area contributed by atoms with Gasteiger partial charge in [-0.1, -0.05) is 12.1 Å². The number of rotatable bonds is 4. The molecule has 106 valence electrons. The summed E-state index contributed by atoms with van der Waals surface area (Å²) in [6.07, 6.45) is 0.939. The molecule has 20 heavy (non-hydrogen) atoms. The second-order valence-corrected chi connectivity index (χ2v) is 4.51. The Morgan fingerprint density at radius 1 is 1.20 bits per heavy atom. The van der Waals surface area contributed by atoms with Gasteiger partial charge in [0.15, 0.2) is 11.6 Å². The number of nitrogen functional groups attached to an aromatic ring is 1. The Labute approximate surface area is 115 Å². The highest BCUT2D eigenvalue weighted by atomic mass is 19.1. The fourth-order valence-corrected chi connectivity index (χ4v) is 1.77. The lowest BCUT2D eigenvalue weighted by atomic mass is 10.0. The van der Waals surface area contributed by atoms with Gasteiger partial charge >= 0.3 is 6.01 Å². The fourth-order valence-electron chi connectivity index (χ4n) is 1.77. The van der Waals surface area contributed by atoms with Gasteiger partial charge in [-0.25, -0.2) is 13.8 Å². The van der Waals surface area contributed by atoms with Crippen LogP contribution in [0.3, 0.4) is 0 Å². The molecule has 0 aliphatic rings. The van der Waals surface area contributed by atoms with Crippen LogP contribution >= 0.6 is 0 Å². The molecule has 1 aromatic heterocycles. The predicted octanol–water partition coefficient (Wildman–Crippen LogP) is 2.86. The lowest BCUT2D eigenvalue weighted by molar-refractivity contribution is 0.277. The first kappa shape index (κ1) is 14.2. The van der Waals surface area contributed by atoms with Crippen LogP contribution < -0.4 is 10.5 Å². The first-order valence-electron chi connectivity index (χ1n) is 6.07. The standard InChI is InChI=1S/C14H15F2N3O/c1-8-3-10(5-15)11(4-9(8)2)7-20-14-18-6-12(16)13(17)19-14/h3-4,6H,5,7H2,1-2H3,(H2,17,18,19). The molecule has 2 aromatic rings. The number of hydrogen-bond acceptors (Lipinski definition) is 4. The number of aryl methyl sites for hydroxylation is 2. The molecule has 1 aromatic carbocycles. The molecule has 0 aliphatic carbocycles. The number of hydrogen-bond donors (Lipinski definition) is 1. The maximum atomic E-state index is 13.0. The van der Waals surface area contributed by atoms with Crippen LogP contribution in [-0.4, -0.2) is 9.97 Å². The van der Waals surface area contributed by atoms with Gasteiger partial charge in [-0.05, 0) is 36.1 Å². The van der Waals surface area contributed by atoms with Crippen molar-refractivity contribution in [2.24, 2.45) is 0 Å². The molecule has 0 fully saturated rings. The van der Waals surface area contributed by atoms with Gasteiger partial charge in [0, 0.05) is 0 Å². The van der Waals surface area contributed by atoms with Crippen molar-refractivity contribution in [3.63, 3.8) is 0 Å². The SMILES string of the molecule is Cc1cc(CF)c(COc2ncc(F)c(N)n2)cc1C. The molecule has 2 rings (SSSR count). The third-order valence-electron chi connectivity index (χ3n) is 3.07. The van der Waals surface area contributed by atoms with E-state index in [4.69, 9.17) is 10.5 Å². The zero-order chi connectivity index (χ0) is 14.7. The number of aromatic nitrogens is 2. The molecule has 0 spiro atoms. The van der Waals surface area contributed by atoms with E-state index in [0.29, 0.717) is 11.1 Å². The van der Waals surface area contributed by atoms with Crippen LogP contribution in [0, 0.1) is 19.7 Å². The van der Waals surface area contributed by atoms with Crippen molar-refractivity contribution >= 4 is 5.82 Å². The summed E-state index contributed by atoms with van der Waals surface area (Å²) in [4.78, 5) is 7.33. The Bertz CT molecular complexity index is 632. The van der Waals surface area contributed by atoms with Crippen molar-refractivity contribution in [3.05, 3.63) is 46.4 Å². The maximum Gasteiger partial charge on any atom is 0.318 e. The summed E-state index contributed by atoms with van der Waals surface area (Å²) < 4.78 is 31.2. The minimum atomic E-state index is -0.701. The highest BCUT2D eigenvalue weighted by Gasteiger charge is 2.09. The summed E-state index contributed by atoms with van der Waals surface area (Å²) in [7, 11) is 0. The monoisotopic (exact) mass is 279 g/mol. The van der Waals surface area contributed by atoms with Gasteiger partial charge in [-0.3, -0.25) is 0 Å². The quantitative estimate of drug-likeness (QED) is 0.934. The van der Waals surface area contributed by atoms with Crippen molar-refractivity contribution in [2.75, 3.05) is 5.73 Å². The highest BCUT2D eigenvalue weighted by Crippen LogP contribution is 2.19. The molecule has 0 radical (unpaired) electrons. The third kappa shape index (κ3) is 3.01. The van der Waals surface area contributed by atoms with E-state index in [1.807, 2.05) is 19.9 Å². The van der Waals surface area contributed by atoms with Crippen molar-refractivity contribution in [1.29, 1.82) is 0 Å². The summed E-state index contributed by atoms with van der Waals surface area (Å²) >= 11 is 0.